The molecule has 1 N–H and O–H groups in total. The van der Waals surface area contributed by atoms with Crippen molar-refractivity contribution in [1.29, 1.82) is 0 Å². The molecule has 2 unspecified atom stereocenters. The average Bonchev–Trinajstić information content (AvgIpc) is 2.54. The van der Waals surface area contributed by atoms with Crippen LogP contribution in [0.5, 0.6) is 0 Å². The summed E-state index contributed by atoms with van der Waals surface area (Å²) in [5.74, 6) is 1.16. The third kappa shape index (κ3) is 3.00. The van der Waals surface area contributed by atoms with E-state index in [1.807, 2.05) is 0 Å². The highest BCUT2D eigenvalue weighted by molar-refractivity contribution is 5.55. The van der Waals surface area contributed by atoms with Gasteiger partial charge in [-0.15, -0.1) is 5.10 Å². The Morgan fingerprint density at radius 1 is 1.44 bits per heavy atom. The maximum Gasteiger partial charge on any atom is 0.330 e. The molecule has 1 aliphatic rings. The van der Waals surface area contributed by atoms with E-state index in [1.54, 1.807) is 7.05 Å². The zero-order chi connectivity index (χ0) is 13.1. The summed E-state index contributed by atoms with van der Waals surface area (Å²) >= 11 is 0. The largest absolute Gasteiger partial charge is 0.360 e. The summed E-state index contributed by atoms with van der Waals surface area (Å²) < 4.78 is 1.49. The molecular weight excluding hydrogens is 232 g/mol. The number of nitrogens with one attached hydrogen (secondary N) is 1. The van der Waals surface area contributed by atoms with E-state index in [-0.39, 0.29) is 10.6 Å². The molecule has 0 amide bonds. The highest BCUT2D eigenvalue weighted by Gasteiger charge is 2.23. The highest BCUT2D eigenvalue weighted by Crippen LogP contribution is 2.28. The summed E-state index contributed by atoms with van der Waals surface area (Å²) in [5.41, 5.74) is 0.0646. The van der Waals surface area contributed by atoms with Crippen LogP contribution in [0.25, 0.3) is 0 Å². The molecule has 1 saturated carbocycles. The van der Waals surface area contributed by atoms with Gasteiger partial charge in [0.1, 0.15) is 6.20 Å². The van der Waals surface area contributed by atoms with Crippen molar-refractivity contribution in [2.75, 3.05) is 5.32 Å². The van der Waals surface area contributed by atoms with Crippen molar-refractivity contribution in [1.82, 2.24) is 9.78 Å². The van der Waals surface area contributed by atoms with Gasteiger partial charge in [-0.2, -0.15) is 0 Å². The van der Waals surface area contributed by atoms with Crippen LogP contribution >= 0.6 is 0 Å². The lowest BCUT2D eigenvalue weighted by Gasteiger charge is -2.15. The van der Waals surface area contributed by atoms with E-state index < -0.39 is 0 Å². The molecule has 0 saturated heterocycles. The molecule has 18 heavy (non-hydrogen) atoms. The van der Waals surface area contributed by atoms with Crippen molar-refractivity contribution in [2.45, 2.75) is 45.1 Å². The normalized spacial score (nSPS) is 24.6. The standard InChI is InChI=1S/C12H20N4O2/c1-9-4-3-5-10(7-6-9)13-12-11(16(17)18)8-15(2)14-12/h8-10H,3-7H2,1-2H3,(H,13,14). The molecule has 1 fully saturated rings. The molecule has 6 nitrogen and oxygen atoms in total. The summed E-state index contributed by atoms with van der Waals surface area (Å²) in [4.78, 5) is 10.5. The Balaban J connectivity index is 2.06. The molecule has 0 aliphatic heterocycles. The number of nitrogens with zero attached hydrogens (tertiary/aromatic N) is 3. The van der Waals surface area contributed by atoms with Gasteiger partial charge >= 0.3 is 5.69 Å². The summed E-state index contributed by atoms with van der Waals surface area (Å²) in [6.07, 6.45) is 7.19. The number of rotatable bonds is 3. The summed E-state index contributed by atoms with van der Waals surface area (Å²) in [6, 6.07) is 0.309. The molecule has 1 heterocycles. The fourth-order valence-electron chi connectivity index (χ4n) is 2.54. The predicted octanol–water partition coefficient (Wildman–Crippen LogP) is 2.71. The van der Waals surface area contributed by atoms with Crippen LogP contribution in [0.3, 0.4) is 0 Å². The van der Waals surface area contributed by atoms with E-state index in [0.29, 0.717) is 11.9 Å². The van der Waals surface area contributed by atoms with Crippen LogP contribution in [0.4, 0.5) is 11.5 Å². The first-order valence-electron chi connectivity index (χ1n) is 6.51. The van der Waals surface area contributed by atoms with Crippen LogP contribution < -0.4 is 5.32 Å². The molecule has 1 aromatic rings. The molecule has 1 aliphatic carbocycles. The summed E-state index contributed by atoms with van der Waals surface area (Å²) in [7, 11) is 1.70. The summed E-state index contributed by atoms with van der Waals surface area (Å²) in [6.45, 7) is 2.27. The van der Waals surface area contributed by atoms with E-state index in [0.717, 1.165) is 18.8 Å². The first kappa shape index (κ1) is 12.9. The molecule has 0 spiro atoms. The Hall–Kier alpha value is -1.59. The second kappa shape index (κ2) is 5.37. The molecule has 1 aromatic heterocycles. The zero-order valence-electron chi connectivity index (χ0n) is 10.9. The SMILES string of the molecule is CC1CCCC(Nc2nn(C)cc2[N+](=O)[O-])CC1. The number of hydrogen-bond acceptors (Lipinski definition) is 4. The zero-order valence-corrected chi connectivity index (χ0v) is 10.9. The number of anilines is 1. The molecule has 0 radical (unpaired) electrons. The van der Waals surface area contributed by atoms with Gasteiger partial charge in [0.05, 0.1) is 4.92 Å². The molecule has 2 atom stereocenters. The van der Waals surface area contributed by atoms with Gasteiger partial charge in [-0.1, -0.05) is 19.8 Å². The van der Waals surface area contributed by atoms with Crippen LogP contribution in [0.15, 0.2) is 6.20 Å². The van der Waals surface area contributed by atoms with Gasteiger partial charge < -0.3 is 5.32 Å². The monoisotopic (exact) mass is 252 g/mol. The number of aromatic nitrogens is 2. The first-order valence-corrected chi connectivity index (χ1v) is 6.51. The third-order valence-corrected chi connectivity index (χ3v) is 3.60. The second-order valence-corrected chi connectivity index (χ2v) is 5.25. The van der Waals surface area contributed by atoms with Crippen molar-refractivity contribution in [3.63, 3.8) is 0 Å². The Morgan fingerprint density at radius 3 is 2.94 bits per heavy atom. The molecule has 0 aromatic carbocycles. The molecule has 6 heteroatoms. The van der Waals surface area contributed by atoms with E-state index in [9.17, 15) is 10.1 Å². The third-order valence-electron chi connectivity index (χ3n) is 3.60. The van der Waals surface area contributed by atoms with Crippen molar-refractivity contribution in [3.05, 3.63) is 16.3 Å². The summed E-state index contributed by atoms with van der Waals surface area (Å²) in [5, 5.41) is 18.3. The van der Waals surface area contributed by atoms with E-state index in [4.69, 9.17) is 0 Å². The Kier molecular flexibility index (Phi) is 3.84. The predicted molar refractivity (Wildman–Crippen MR) is 69.5 cm³/mol. The minimum absolute atomic E-state index is 0.0646. The van der Waals surface area contributed by atoms with Crippen LogP contribution in [0.1, 0.15) is 39.0 Å². The van der Waals surface area contributed by atoms with Crippen molar-refractivity contribution >= 4 is 11.5 Å². The van der Waals surface area contributed by atoms with Gasteiger partial charge in [-0.3, -0.25) is 14.8 Å². The topological polar surface area (TPSA) is 73.0 Å². The fraction of sp³-hybridized carbons (Fsp3) is 0.750. The van der Waals surface area contributed by atoms with Crippen LogP contribution in [-0.2, 0) is 7.05 Å². The maximum atomic E-state index is 10.9. The van der Waals surface area contributed by atoms with E-state index in [2.05, 4.69) is 17.3 Å². The van der Waals surface area contributed by atoms with Crippen LogP contribution in [0, 0.1) is 16.0 Å². The van der Waals surface area contributed by atoms with Crippen LogP contribution in [-0.4, -0.2) is 20.7 Å². The molecule has 2 rings (SSSR count). The highest BCUT2D eigenvalue weighted by atomic mass is 16.6. The minimum atomic E-state index is -0.380. The number of aryl methyl sites for hydroxylation is 1. The minimum Gasteiger partial charge on any atom is -0.360 e. The number of nitro groups is 1. The van der Waals surface area contributed by atoms with Gasteiger partial charge in [0.2, 0.25) is 5.82 Å². The van der Waals surface area contributed by atoms with Crippen LogP contribution in [0.2, 0.25) is 0 Å². The molecular formula is C12H20N4O2. The Labute approximate surface area is 107 Å². The van der Waals surface area contributed by atoms with Crippen molar-refractivity contribution in [2.24, 2.45) is 13.0 Å². The maximum absolute atomic E-state index is 10.9. The average molecular weight is 252 g/mol. The smallest absolute Gasteiger partial charge is 0.330 e. The fourth-order valence-corrected chi connectivity index (χ4v) is 2.54. The Morgan fingerprint density at radius 2 is 2.22 bits per heavy atom. The van der Waals surface area contributed by atoms with Crippen molar-refractivity contribution in [3.8, 4) is 0 Å². The van der Waals surface area contributed by atoms with E-state index in [1.165, 1.54) is 30.1 Å². The van der Waals surface area contributed by atoms with E-state index >= 15 is 0 Å². The van der Waals surface area contributed by atoms with Crippen molar-refractivity contribution < 1.29 is 4.92 Å². The van der Waals surface area contributed by atoms with Gasteiger partial charge in [0, 0.05) is 13.1 Å². The molecule has 0 bridgehead atoms. The van der Waals surface area contributed by atoms with Gasteiger partial charge in [-0.25, -0.2) is 0 Å². The van der Waals surface area contributed by atoms with Gasteiger partial charge in [-0.05, 0) is 25.2 Å². The lowest BCUT2D eigenvalue weighted by Crippen LogP contribution is -2.19. The van der Waals surface area contributed by atoms with Gasteiger partial charge in [0.15, 0.2) is 0 Å². The lowest BCUT2D eigenvalue weighted by atomic mass is 10.0. The molecule has 100 valence electrons. The van der Waals surface area contributed by atoms with Gasteiger partial charge in [0.25, 0.3) is 0 Å². The Bertz CT molecular complexity index is 430. The lowest BCUT2D eigenvalue weighted by molar-refractivity contribution is -0.384. The quantitative estimate of drug-likeness (QED) is 0.510. The second-order valence-electron chi connectivity index (χ2n) is 5.25. The number of hydrogen-bond donors (Lipinski definition) is 1. The first-order chi connectivity index (χ1) is 8.56.